The van der Waals surface area contributed by atoms with Crippen LogP contribution < -0.4 is 19.5 Å². The zero-order valence-corrected chi connectivity index (χ0v) is 15.5. The number of aryl methyl sites for hydroxylation is 1. The Kier molecular flexibility index (Phi) is 7.55. The standard InChI is InChI=1S/C21H25NO4/c1-24-18-10-6-16(7-11-18)9-13-21(23)22-14-4-5-17-8-12-19(25-2)20(15-17)26-3/h6-13,15H,4-5,14H2,1-3H3,(H,22,23)/b13-9+. The molecule has 5 heteroatoms. The maximum absolute atomic E-state index is 11.9. The first-order valence-electron chi connectivity index (χ1n) is 8.47. The highest BCUT2D eigenvalue weighted by molar-refractivity contribution is 5.91. The largest absolute Gasteiger partial charge is 0.497 e. The number of ether oxygens (including phenoxy) is 3. The normalized spacial score (nSPS) is 10.6. The lowest BCUT2D eigenvalue weighted by atomic mass is 10.1. The second kappa shape index (κ2) is 10.1. The van der Waals surface area contributed by atoms with E-state index in [1.54, 1.807) is 27.4 Å². The lowest BCUT2D eigenvalue weighted by molar-refractivity contribution is -0.116. The number of hydrogen-bond acceptors (Lipinski definition) is 4. The number of amides is 1. The van der Waals surface area contributed by atoms with Crippen molar-refractivity contribution in [3.63, 3.8) is 0 Å². The predicted octanol–water partition coefficient (Wildman–Crippen LogP) is 3.47. The van der Waals surface area contributed by atoms with Gasteiger partial charge in [0, 0.05) is 12.6 Å². The van der Waals surface area contributed by atoms with Crippen molar-refractivity contribution in [2.24, 2.45) is 0 Å². The van der Waals surface area contributed by atoms with E-state index in [-0.39, 0.29) is 5.91 Å². The molecule has 0 spiro atoms. The molecule has 0 radical (unpaired) electrons. The maximum Gasteiger partial charge on any atom is 0.243 e. The van der Waals surface area contributed by atoms with Crippen LogP contribution in [0.2, 0.25) is 0 Å². The summed E-state index contributed by atoms with van der Waals surface area (Å²) in [5, 5.41) is 2.89. The van der Waals surface area contributed by atoms with Crippen LogP contribution in [0, 0.1) is 0 Å². The summed E-state index contributed by atoms with van der Waals surface area (Å²) in [4.78, 5) is 11.9. The van der Waals surface area contributed by atoms with Crippen LogP contribution in [0.1, 0.15) is 17.5 Å². The summed E-state index contributed by atoms with van der Waals surface area (Å²) in [6.45, 7) is 0.611. The summed E-state index contributed by atoms with van der Waals surface area (Å²) in [5.74, 6) is 2.12. The van der Waals surface area contributed by atoms with Gasteiger partial charge in [0.2, 0.25) is 5.91 Å². The average molecular weight is 355 g/mol. The topological polar surface area (TPSA) is 56.8 Å². The van der Waals surface area contributed by atoms with Crippen LogP contribution >= 0.6 is 0 Å². The molecule has 0 saturated heterocycles. The van der Waals surface area contributed by atoms with Crippen LogP contribution in [0.3, 0.4) is 0 Å². The number of hydrogen-bond donors (Lipinski definition) is 1. The molecule has 0 aromatic heterocycles. The number of carbonyl (C=O) groups excluding carboxylic acids is 1. The van der Waals surface area contributed by atoms with Gasteiger partial charge in [-0.1, -0.05) is 18.2 Å². The fourth-order valence-electron chi connectivity index (χ4n) is 2.49. The number of nitrogens with one attached hydrogen (secondary N) is 1. The summed E-state index contributed by atoms with van der Waals surface area (Å²) in [7, 11) is 4.86. The maximum atomic E-state index is 11.9. The number of rotatable bonds is 9. The molecule has 138 valence electrons. The van der Waals surface area contributed by atoms with Crippen LogP contribution in [-0.4, -0.2) is 33.8 Å². The smallest absolute Gasteiger partial charge is 0.243 e. The van der Waals surface area contributed by atoms with E-state index in [9.17, 15) is 4.79 Å². The van der Waals surface area contributed by atoms with Gasteiger partial charge in [-0.2, -0.15) is 0 Å². The average Bonchev–Trinajstić information content (AvgIpc) is 2.69. The lowest BCUT2D eigenvalue weighted by Crippen LogP contribution is -2.22. The van der Waals surface area contributed by atoms with E-state index in [1.807, 2.05) is 42.5 Å². The molecular formula is C21H25NO4. The Morgan fingerprint density at radius 2 is 1.69 bits per heavy atom. The van der Waals surface area contributed by atoms with Crippen molar-refractivity contribution >= 4 is 12.0 Å². The van der Waals surface area contributed by atoms with Crippen molar-refractivity contribution in [1.29, 1.82) is 0 Å². The number of benzene rings is 2. The van der Waals surface area contributed by atoms with Crippen molar-refractivity contribution in [3.8, 4) is 17.2 Å². The molecule has 1 N–H and O–H groups in total. The van der Waals surface area contributed by atoms with Gasteiger partial charge in [0.05, 0.1) is 21.3 Å². The van der Waals surface area contributed by atoms with Gasteiger partial charge < -0.3 is 19.5 Å². The van der Waals surface area contributed by atoms with E-state index < -0.39 is 0 Å². The zero-order chi connectivity index (χ0) is 18.8. The van der Waals surface area contributed by atoms with E-state index in [0.717, 1.165) is 35.5 Å². The van der Waals surface area contributed by atoms with Gasteiger partial charge in [-0.05, 0) is 54.3 Å². The number of methoxy groups -OCH3 is 3. The minimum absolute atomic E-state index is 0.104. The minimum atomic E-state index is -0.104. The Morgan fingerprint density at radius 3 is 2.35 bits per heavy atom. The molecule has 0 heterocycles. The van der Waals surface area contributed by atoms with Gasteiger partial charge in [-0.25, -0.2) is 0 Å². The van der Waals surface area contributed by atoms with Crippen LogP contribution in [0.5, 0.6) is 17.2 Å². The Hall–Kier alpha value is -2.95. The molecule has 2 aromatic carbocycles. The summed E-state index contributed by atoms with van der Waals surface area (Å²) in [5.41, 5.74) is 2.09. The molecule has 0 bridgehead atoms. The zero-order valence-electron chi connectivity index (χ0n) is 15.5. The molecule has 26 heavy (non-hydrogen) atoms. The predicted molar refractivity (Wildman–Crippen MR) is 103 cm³/mol. The van der Waals surface area contributed by atoms with Crippen LogP contribution in [0.15, 0.2) is 48.5 Å². The Labute approximate surface area is 154 Å². The highest BCUT2D eigenvalue weighted by atomic mass is 16.5. The number of carbonyl (C=O) groups is 1. The van der Waals surface area contributed by atoms with Crippen LogP contribution in [-0.2, 0) is 11.2 Å². The van der Waals surface area contributed by atoms with Crippen molar-refractivity contribution in [2.75, 3.05) is 27.9 Å². The van der Waals surface area contributed by atoms with Crippen molar-refractivity contribution in [1.82, 2.24) is 5.32 Å². The fourth-order valence-corrected chi connectivity index (χ4v) is 2.49. The summed E-state index contributed by atoms with van der Waals surface area (Å²) >= 11 is 0. The lowest BCUT2D eigenvalue weighted by Gasteiger charge is -2.09. The molecule has 0 aliphatic carbocycles. The second-order valence-electron chi connectivity index (χ2n) is 5.69. The first-order chi connectivity index (χ1) is 12.7. The van der Waals surface area contributed by atoms with Crippen LogP contribution in [0.25, 0.3) is 6.08 Å². The Balaban J connectivity index is 1.75. The molecule has 0 aliphatic heterocycles. The first-order valence-corrected chi connectivity index (χ1v) is 8.47. The van der Waals surface area contributed by atoms with Gasteiger partial charge in [-0.3, -0.25) is 4.79 Å². The van der Waals surface area contributed by atoms with Gasteiger partial charge in [0.1, 0.15) is 5.75 Å². The van der Waals surface area contributed by atoms with Crippen molar-refractivity contribution < 1.29 is 19.0 Å². The molecular weight excluding hydrogens is 330 g/mol. The summed E-state index contributed by atoms with van der Waals surface area (Å²) < 4.78 is 15.6. The van der Waals surface area contributed by atoms with E-state index in [1.165, 1.54) is 6.08 Å². The molecule has 2 aromatic rings. The highest BCUT2D eigenvalue weighted by Gasteiger charge is 2.04. The van der Waals surface area contributed by atoms with Gasteiger partial charge in [0.25, 0.3) is 0 Å². The molecule has 0 fully saturated rings. The molecule has 0 saturated carbocycles. The van der Waals surface area contributed by atoms with E-state index in [0.29, 0.717) is 12.3 Å². The third-order valence-corrected chi connectivity index (χ3v) is 3.93. The third kappa shape index (κ3) is 5.84. The summed E-state index contributed by atoms with van der Waals surface area (Å²) in [6, 6.07) is 13.4. The molecule has 1 amide bonds. The quantitative estimate of drug-likeness (QED) is 0.553. The molecule has 2 rings (SSSR count). The van der Waals surface area contributed by atoms with Gasteiger partial charge >= 0.3 is 0 Å². The van der Waals surface area contributed by atoms with E-state index in [4.69, 9.17) is 14.2 Å². The molecule has 0 aliphatic rings. The van der Waals surface area contributed by atoms with E-state index in [2.05, 4.69) is 5.32 Å². The minimum Gasteiger partial charge on any atom is -0.497 e. The summed E-state index contributed by atoms with van der Waals surface area (Å²) in [6.07, 6.45) is 5.02. The Morgan fingerprint density at radius 1 is 0.962 bits per heavy atom. The molecule has 5 nitrogen and oxygen atoms in total. The monoisotopic (exact) mass is 355 g/mol. The second-order valence-corrected chi connectivity index (χ2v) is 5.69. The van der Waals surface area contributed by atoms with Crippen molar-refractivity contribution in [2.45, 2.75) is 12.8 Å². The van der Waals surface area contributed by atoms with Gasteiger partial charge in [-0.15, -0.1) is 0 Å². The van der Waals surface area contributed by atoms with Crippen LogP contribution in [0.4, 0.5) is 0 Å². The third-order valence-electron chi connectivity index (χ3n) is 3.93. The molecule has 0 atom stereocenters. The SMILES string of the molecule is COc1ccc(/C=C/C(=O)NCCCc2ccc(OC)c(OC)c2)cc1. The first kappa shape index (κ1) is 19.4. The molecule has 0 unspecified atom stereocenters. The fraction of sp³-hybridized carbons (Fsp3) is 0.286. The van der Waals surface area contributed by atoms with Crippen molar-refractivity contribution in [3.05, 3.63) is 59.7 Å². The highest BCUT2D eigenvalue weighted by Crippen LogP contribution is 2.27. The van der Waals surface area contributed by atoms with E-state index >= 15 is 0 Å². The van der Waals surface area contributed by atoms with Gasteiger partial charge in [0.15, 0.2) is 11.5 Å². The Bertz CT molecular complexity index is 738.